The lowest BCUT2D eigenvalue weighted by molar-refractivity contribution is -0.120. The Bertz CT molecular complexity index is 602. The molecule has 21 heavy (non-hydrogen) atoms. The van der Waals surface area contributed by atoms with E-state index in [-0.39, 0.29) is 11.9 Å². The molecule has 1 atom stereocenters. The highest BCUT2D eigenvalue weighted by Crippen LogP contribution is 2.45. The maximum atomic E-state index is 12.5. The van der Waals surface area contributed by atoms with Crippen molar-refractivity contribution in [2.75, 3.05) is 32.1 Å². The molecule has 3 rings (SSSR count). The van der Waals surface area contributed by atoms with Gasteiger partial charge in [-0.15, -0.1) is 0 Å². The molecule has 0 unspecified atom stereocenters. The first-order valence-corrected chi connectivity index (χ1v) is 7.13. The Morgan fingerprint density at radius 1 is 1.52 bits per heavy atom. The van der Waals surface area contributed by atoms with Crippen molar-refractivity contribution < 1.29 is 14.3 Å². The lowest BCUT2D eigenvalue weighted by atomic mass is 9.81. The minimum atomic E-state index is -0.644. The average Bonchev–Trinajstić information content (AvgIpc) is 3.04. The molecule has 0 aliphatic carbocycles. The highest BCUT2D eigenvalue weighted by Gasteiger charge is 2.52. The van der Waals surface area contributed by atoms with Crippen molar-refractivity contribution in [3.63, 3.8) is 0 Å². The van der Waals surface area contributed by atoms with Crippen molar-refractivity contribution in [1.82, 2.24) is 10.2 Å². The first-order chi connectivity index (χ1) is 10.1. The molecular formula is C15H19N3O3. The number of likely N-dealkylation sites (tertiary alicyclic amines) is 1. The van der Waals surface area contributed by atoms with E-state index in [0.29, 0.717) is 26.1 Å². The van der Waals surface area contributed by atoms with E-state index in [0.717, 1.165) is 17.0 Å². The van der Waals surface area contributed by atoms with E-state index < -0.39 is 5.41 Å². The van der Waals surface area contributed by atoms with Gasteiger partial charge in [-0.3, -0.25) is 4.79 Å². The van der Waals surface area contributed by atoms with Crippen molar-refractivity contribution in [2.24, 2.45) is 0 Å². The number of amides is 3. The molecule has 1 spiro atoms. The maximum absolute atomic E-state index is 12.5. The fourth-order valence-corrected chi connectivity index (χ4v) is 3.17. The van der Waals surface area contributed by atoms with Crippen molar-refractivity contribution in [3.8, 4) is 5.75 Å². The Hall–Kier alpha value is -2.24. The number of methoxy groups -OCH3 is 1. The molecule has 1 fully saturated rings. The van der Waals surface area contributed by atoms with Gasteiger partial charge in [-0.05, 0) is 37.1 Å². The number of hydrogen-bond acceptors (Lipinski definition) is 3. The summed E-state index contributed by atoms with van der Waals surface area (Å²) >= 11 is 0. The molecule has 1 aromatic carbocycles. The number of carbonyl (C=O) groups excluding carboxylic acids is 2. The lowest BCUT2D eigenvalue weighted by Crippen LogP contribution is -2.43. The molecule has 112 valence electrons. The number of ether oxygens (including phenoxy) is 1. The number of anilines is 1. The van der Waals surface area contributed by atoms with Gasteiger partial charge < -0.3 is 20.3 Å². The van der Waals surface area contributed by atoms with E-state index in [4.69, 9.17) is 4.74 Å². The van der Waals surface area contributed by atoms with E-state index in [1.54, 1.807) is 12.0 Å². The predicted octanol–water partition coefficient (Wildman–Crippen LogP) is 1.32. The van der Waals surface area contributed by atoms with Crippen LogP contribution in [0.2, 0.25) is 0 Å². The van der Waals surface area contributed by atoms with Crippen molar-refractivity contribution >= 4 is 17.6 Å². The van der Waals surface area contributed by atoms with E-state index >= 15 is 0 Å². The maximum Gasteiger partial charge on any atom is 0.317 e. The van der Waals surface area contributed by atoms with Crippen LogP contribution in [0.25, 0.3) is 0 Å². The monoisotopic (exact) mass is 289 g/mol. The van der Waals surface area contributed by atoms with Gasteiger partial charge in [0, 0.05) is 25.3 Å². The molecule has 6 heteroatoms. The van der Waals surface area contributed by atoms with Crippen molar-refractivity contribution in [3.05, 3.63) is 23.8 Å². The summed E-state index contributed by atoms with van der Waals surface area (Å²) in [5.74, 6) is 0.693. The largest absolute Gasteiger partial charge is 0.497 e. The molecule has 1 saturated heterocycles. The van der Waals surface area contributed by atoms with Gasteiger partial charge in [0.25, 0.3) is 0 Å². The summed E-state index contributed by atoms with van der Waals surface area (Å²) in [7, 11) is 1.61. The second kappa shape index (κ2) is 4.95. The van der Waals surface area contributed by atoms with Crippen molar-refractivity contribution in [2.45, 2.75) is 18.8 Å². The fraction of sp³-hybridized carbons (Fsp3) is 0.467. The number of fused-ring (bicyclic) bond motifs is 2. The first kappa shape index (κ1) is 13.7. The molecule has 3 amide bonds. The Labute approximate surface area is 123 Å². The number of urea groups is 1. The number of nitrogens with one attached hydrogen (secondary N) is 2. The van der Waals surface area contributed by atoms with Crippen LogP contribution in [0.1, 0.15) is 18.9 Å². The summed E-state index contributed by atoms with van der Waals surface area (Å²) in [6.45, 7) is 3.45. The molecule has 2 aliphatic rings. The molecule has 1 aromatic rings. The number of nitrogens with zero attached hydrogens (tertiary/aromatic N) is 1. The van der Waals surface area contributed by atoms with Crippen LogP contribution < -0.4 is 15.4 Å². The fourth-order valence-electron chi connectivity index (χ4n) is 3.17. The van der Waals surface area contributed by atoms with E-state index in [2.05, 4.69) is 10.6 Å². The highest BCUT2D eigenvalue weighted by atomic mass is 16.5. The second-order valence-electron chi connectivity index (χ2n) is 5.45. The predicted molar refractivity (Wildman–Crippen MR) is 78.6 cm³/mol. The normalized spacial score (nSPS) is 23.1. The summed E-state index contributed by atoms with van der Waals surface area (Å²) in [5.41, 5.74) is 1.10. The van der Waals surface area contributed by atoms with Gasteiger partial charge in [-0.25, -0.2) is 4.79 Å². The summed E-state index contributed by atoms with van der Waals surface area (Å²) in [6, 6.07) is 5.47. The summed E-state index contributed by atoms with van der Waals surface area (Å²) in [4.78, 5) is 26.2. The summed E-state index contributed by atoms with van der Waals surface area (Å²) < 4.78 is 5.26. The minimum absolute atomic E-state index is 0.0300. The second-order valence-corrected chi connectivity index (χ2v) is 5.45. The number of carbonyl (C=O) groups is 2. The molecular weight excluding hydrogens is 270 g/mol. The van der Waals surface area contributed by atoms with Crippen LogP contribution in [0.4, 0.5) is 10.5 Å². The van der Waals surface area contributed by atoms with E-state index in [1.807, 2.05) is 25.1 Å². The number of rotatable bonds is 2. The molecule has 0 radical (unpaired) electrons. The van der Waals surface area contributed by atoms with Crippen LogP contribution in [0.3, 0.4) is 0 Å². The van der Waals surface area contributed by atoms with Crippen LogP contribution in [-0.4, -0.2) is 43.6 Å². The topological polar surface area (TPSA) is 70.7 Å². The van der Waals surface area contributed by atoms with E-state index in [9.17, 15) is 9.59 Å². The third-order valence-electron chi connectivity index (χ3n) is 4.31. The minimum Gasteiger partial charge on any atom is -0.497 e. The van der Waals surface area contributed by atoms with Crippen molar-refractivity contribution in [1.29, 1.82) is 0 Å². The smallest absolute Gasteiger partial charge is 0.317 e. The van der Waals surface area contributed by atoms with E-state index in [1.165, 1.54) is 0 Å². The third-order valence-corrected chi connectivity index (χ3v) is 4.31. The van der Waals surface area contributed by atoms with Gasteiger partial charge in [0.15, 0.2) is 0 Å². The van der Waals surface area contributed by atoms with Gasteiger partial charge in [0.1, 0.15) is 5.75 Å². The third kappa shape index (κ3) is 2.02. The summed E-state index contributed by atoms with van der Waals surface area (Å²) in [6.07, 6.45) is 0.635. The number of hydrogen-bond donors (Lipinski definition) is 2. The van der Waals surface area contributed by atoms with Gasteiger partial charge in [0.05, 0.1) is 12.5 Å². The van der Waals surface area contributed by atoms with Gasteiger partial charge in [-0.2, -0.15) is 0 Å². The molecule has 2 N–H and O–H groups in total. The average molecular weight is 289 g/mol. The molecule has 0 saturated carbocycles. The molecule has 0 bridgehead atoms. The van der Waals surface area contributed by atoms with Crippen LogP contribution in [0, 0.1) is 0 Å². The molecule has 2 aliphatic heterocycles. The first-order valence-electron chi connectivity index (χ1n) is 7.13. The lowest BCUT2D eigenvalue weighted by Gasteiger charge is -2.23. The molecule has 6 nitrogen and oxygen atoms in total. The standard InChI is InChI=1S/C15H19N3O3/c1-3-16-14(20)18-7-6-15(9-18)11-8-10(21-2)4-5-12(11)17-13(15)19/h4-5,8H,3,6-7,9H2,1-2H3,(H,16,20)(H,17,19)/t15-/m0/s1. The van der Waals surface area contributed by atoms with Crippen LogP contribution in [-0.2, 0) is 10.2 Å². The molecule has 0 aromatic heterocycles. The highest BCUT2D eigenvalue weighted by molar-refractivity contribution is 6.07. The zero-order valence-electron chi connectivity index (χ0n) is 12.2. The van der Waals surface area contributed by atoms with Crippen LogP contribution in [0.5, 0.6) is 5.75 Å². The Morgan fingerprint density at radius 3 is 3.05 bits per heavy atom. The Morgan fingerprint density at radius 2 is 2.33 bits per heavy atom. The quantitative estimate of drug-likeness (QED) is 0.862. The van der Waals surface area contributed by atoms with Crippen LogP contribution in [0.15, 0.2) is 18.2 Å². The van der Waals surface area contributed by atoms with Gasteiger partial charge in [0.2, 0.25) is 5.91 Å². The van der Waals surface area contributed by atoms with Gasteiger partial charge in [-0.1, -0.05) is 0 Å². The SMILES string of the molecule is CCNC(=O)N1CC[C@@]2(C1)C(=O)Nc1ccc(OC)cc12. The van der Waals surface area contributed by atoms with Crippen LogP contribution >= 0.6 is 0 Å². The zero-order chi connectivity index (χ0) is 15.0. The number of benzene rings is 1. The summed E-state index contributed by atoms with van der Waals surface area (Å²) in [5, 5.41) is 5.71. The molecule has 2 heterocycles. The Kier molecular flexibility index (Phi) is 3.23. The Balaban J connectivity index is 1.93. The zero-order valence-corrected chi connectivity index (χ0v) is 12.2. The van der Waals surface area contributed by atoms with Gasteiger partial charge >= 0.3 is 6.03 Å².